The van der Waals surface area contributed by atoms with E-state index in [-0.39, 0.29) is 4.90 Å². The molecule has 19 heavy (non-hydrogen) atoms. The van der Waals surface area contributed by atoms with E-state index in [4.69, 9.17) is 11.5 Å². The van der Waals surface area contributed by atoms with Crippen molar-refractivity contribution in [3.63, 3.8) is 0 Å². The summed E-state index contributed by atoms with van der Waals surface area (Å²) >= 11 is 0. The van der Waals surface area contributed by atoms with Crippen molar-refractivity contribution in [1.82, 2.24) is 0 Å². The molecule has 0 aliphatic carbocycles. The third-order valence-electron chi connectivity index (χ3n) is 2.20. The number of para-hydroxylation sites is 1. The van der Waals surface area contributed by atoms with Gasteiger partial charge in [-0.05, 0) is 12.1 Å². The van der Waals surface area contributed by atoms with Gasteiger partial charge in [-0.1, -0.05) is 6.07 Å². The first kappa shape index (κ1) is 14.9. The van der Waals surface area contributed by atoms with Crippen molar-refractivity contribution in [1.29, 1.82) is 0 Å². The third kappa shape index (κ3) is 3.41. The molecule has 0 fully saturated rings. The van der Waals surface area contributed by atoms with Gasteiger partial charge in [-0.25, -0.2) is 17.6 Å². The van der Waals surface area contributed by atoms with Crippen LogP contribution in [0.15, 0.2) is 28.1 Å². The highest BCUT2D eigenvalue weighted by molar-refractivity contribution is 7.90. The Morgan fingerprint density at radius 2 is 1.95 bits per heavy atom. The summed E-state index contributed by atoms with van der Waals surface area (Å²) in [5.74, 6) is -1.38. The number of carbonyl (C=O) groups is 1. The number of hydrogen-bond acceptors (Lipinski definition) is 3. The van der Waals surface area contributed by atoms with Gasteiger partial charge >= 0.3 is 6.03 Å². The number of guanidine groups is 1. The number of halogens is 1. The Hall–Kier alpha value is -2.16. The first-order valence-electron chi connectivity index (χ1n) is 5.00. The van der Waals surface area contributed by atoms with E-state index in [0.29, 0.717) is 0 Å². The molecule has 0 saturated heterocycles. The van der Waals surface area contributed by atoms with E-state index >= 15 is 0 Å². The zero-order valence-corrected chi connectivity index (χ0v) is 11.1. The first-order chi connectivity index (χ1) is 8.64. The molecule has 7 nitrogen and oxygen atoms in total. The van der Waals surface area contributed by atoms with Crippen molar-refractivity contribution in [2.24, 2.45) is 16.5 Å². The predicted octanol–water partition coefficient (Wildman–Crippen LogP) is 0.0588. The average Bonchev–Trinajstić information content (AvgIpc) is 2.25. The lowest BCUT2D eigenvalue weighted by atomic mass is 10.3. The van der Waals surface area contributed by atoms with Crippen LogP contribution in [0, 0.1) is 5.82 Å². The van der Waals surface area contributed by atoms with Crippen LogP contribution < -0.4 is 16.4 Å². The van der Waals surface area contributed by atoms with Gasteiger partial charge in [0.05, 0.1) is 10.6 Å². The van der Waals surface area contributed by atoms with Crippen LogP contribution in [0.2, 0.25) is 0 Å². The Morgan fingerprint density at radius 3 is 2.42 bits per heavy atom. The van der Waals surface area contributed by atoms with E-state index in [1.165, 1.54) is 19.2 Å². The molecule has 104 valence electrons. The quantitative estimate of drug-likeness (QED) is 0.589. The SMILES string of the molecule is CN(C(=O)N=C(N)N)c1c(F)cccc1S(C)(=O)=O. The van der Waals surface area contributed by atoms with Crippen LogP contribution >= 0.6 is 0 Å². The van der Waals surface area contributed by atoms with Gasteiger partial charge in [-0.2, -0.15) is 4.99 Å². The largest absolute Gasteiger partial charge is 0.370 e. The second-order valence-electron chi connectivity index (χ2n) is 3.74. The van der Waals surface area contributed by atoms with E-state index in [1.807, 2.05) is 0 Å². The molecule has 1 aromatic rings. The van der Waals surface area contributed by atoms with Crippen LogP contribution in [0.5, 0.6) is 0 Å². The summed E-state index contributed by atoms with van der Waals surface area (Å²) in [6, 6.07) is 2.47. The Kier molecular flexibility index (Phi) is 4.10. The molecule has 0 aliphatic heterocycles. The molecule has 0 saturated carbocycles. The third-order valence-corrected chi connectivity index (χ3v) is 3.32. The fraction of sp³-hybridized carbons (Fsp3) is 0.200. The Morgan fingerprint density at radius 1 is 1.37 bits per heavy atom. The highest BCUT2D eigenvalue weighted by Crippen LogP contribution is 2.27. The number of rotatable bonds is 2. The number of carbonyl (C=O) groups excluding carboxylic acids is 1. The Labute approximate surface area is 109 Å². The average molecular weight is 288 g/mol. The summed E-state index contributed by atoms with van der Waals surface area (Å²) in [4.78, 5) is 15.2. The van der Waals surface area contributed by atoms with E-state index < -0.39 is 33.3 Å². The van der Waals surface area contributed by atoms with E-state index in [0.717, 1.165) is 17.2 Å². The molecule has 4 N–H and O–H groups in total. The van der Waals surface area contributed by atoms with Crippen molar-refractivity contribution in [2.45, 2.75) is 4.90 Å². The molecule has 0 aromatic heterocycles. The summed E-state index contributed by atoms with van der Waals surface area (Å²) in [6.45, 7) is 0. The van der Waals surface area contributed by atoms with Crippen molar-refractivity contribution in [3.05, 3.63) is 24.0 Å². The first-order valence-corrected chi connectivity index (χ1v) is 6.89. The van der Waals surface area contributed by atoms with Crippen LogP contribution in [-0.4, -0.2) is 33.7 Å². The lowest BCUT2D eigenvalue weighted by molar-refractivity contribution is 0.255. The fourth-order valence-electron chi connectivity index (χ4n) is 1.40. The molecule has 2 amide bonds. The summed E-state index contributed by atoms with van der Waals surface area (Å²) in [5, 5.41) is 0. The van der Waals surface area contributed by atoms with Gasteiger partial charge < -0.3 is 11.5 Å². The monoisotopic (exact) mass is 288 g/mol. The van der Waals surface area contributed by atoms with Crippen molar-refractivity contribution >= 4 is 27.5 Å². The van der Waals surface area contributed by atoms with Gasteiger partial charge in [0.15, 0.2) is 15.8 Å². The number of amides is 2. The summed E-state index contributed by atoms with van der Waals surface area (Å²) in [5.41, 5.74) is 9.68. The zero-order valence-electron chi connectivity index (χ0n) is 10.3. The van der Waals surface area contributed by atoms with Crippen LogP contribution in [0.4, 0.5) is 14.9 Å². The molecule has 0 bridgehead atoms. The van der Waals surface area contributed by atoms with Gasteiger partial charge in [0.2, 0.25) is 0 Å². The Balaban J connectivity index is 3.43. The minimum atomic E-state index is -3.71. The Bertz CT molecular complexity index is 638. The maximum absolute atomic E-state index is 13.8. The van der Waals surface area contributed by atoms with Crippen LogP contribution in [-0.2, 0) is 9.84 Å². The highest BCUT2D eigenvalue weighted by Gasteiger charge is 2.23. The highest BCUT2D eigenvalue weighted by atomic mass is 32.2. The zero-order chi connectivity index (χ0) is 14.8. The molecule has 0 unspecified atom stereocenters. The number of aliphatic imine (C=N–C) groups is 1. The smallest absolute Gasteiger partial charge is 0.351 e. The number of nitrogens with zero attached hydrogens (tertiary/aromatic N) is 2. The topological polar surface area (TPSA) is 119 Å². The molecule has 0 aliphatic rings. The van der Waals surface area contributed by atoms with Gasteiger partial charge in [0, 0.05) is 13.3 Å². The van der Waals surface area contributed by atoms with Crippen molar-refractivity contribution in [3.8, 4) is 0 Å². The van der Waals surface area contributed by atoms with Crippen LogP contribution in [0.1, 0.15) is 0 Å². The van der Waals surface area contributed by atoms with E-state index in [1.54, 1.807) is 0 Å². The number of nitrogens with two attached hydrogens (primary N) is 2. The second-order valence-corrected chi connectivity index (χ2v) is 5.72. The summed E-state index contributed by atoms with van der Waals surface area (Å²) in [6.07, 6.45) is 0.907. The number of urea groups is 1. The lowest BCUT2D eigenvalue weighted by Gasteiger charge is -2.18. The van der Waals surface area contributed by atoms with Gasteiger partial charge in [0.25, 0.3) is 0 Å². The number of hydrogen-bond donors (Lipinski definition) is 2. The second kappa shape index (κ2) is 5.22. The molecule has 0 radical (unpaired) electrons. The number of benzene rings is 1. The van der Waals surface area contributed by atoms with Gasteiger partial charge in [-0.3, -0.25) is 4.90 Å². The summed E-state index contributed by atoms with van der Waals surface area (Å²) in [7, 11) is -2.54. The molecule has 0 heterocycles. The van der Waals surface area contributed by atoms with Crippen molar-refractivity contribution in [2.75, 3.05) is 18.2 Å². The van der Waals surface area contributed by atoms with E-state index in [2.05, 4.69) is 4.99 Å². The van der Waals surface area contributed by atoms with Gasteiger partial charge in [0.1, 0.15) is 5.82 Å². The molecule has 1 aromatic carbocycles. The molecular weight excluding hydrogens is 275 g/mol. The lowest BCUT2D eigenvalue weighted by Crippen LogP contribution is -2.31. The number of sulfone groups is 1. The minimum Gasteiger partial charge on any atom is -0.370 e. The number of anilines is 1. The predicted molar refractivity (Wildman–Crippen MR) is 69.1 cm³/mol. The summed E-state index contributed by atoms with van der Waals surface area (Å²) < 4.78 is 36.9. The minimum absolute atomic E-state index is 0.325. The van der Waals surface area contributed by atoms with Crippen LogP contribution in [0.3, 0.4) is 0 Å². The maximum Gasteiger partial charge on any atom is 0.351 e. The molecule has 9 heteroatoms. The molecule has 0 spiro atoms. The molecule has 1 rings (SSSR count). The fourth-order valence-corrected chi connectivity index (χ4v) is 2.31. The molecular formula is C10H13FN4O3S. The van der Waals surface area contributed by atoms with E-state index in [9.17, 15) is 17.6 Å². The van der Waals surface area contributed by atoms with Crippen molar-refractivity contribution < 1.29 is 17.6 Å². The van der Waals surface area contributed by atoms with Crippen LogP contribution in [0.25, 0.3) is 0 Å². The van der Waals surface area contributed by atoms with Gasteiger partial charge in [-0.15, -0.1) is 0 Å². The normalized spacial score (nSPS) is 10.9. The molecule has 0 atom stereocenters. The standard InChI is InChI=1S/C10H13FN4O3S/c1-15(10(16)14-9(12)13)8-6(11)4-3-5-7(8)19(2,17)18/h3-5H,1-2H3,(H4,12,13,14,16). The maximum atomic E-state index is 13.8.